The highest BCUT2D eigenvalue weighted by Crippen LogP contribution is 2.50. The van der Waals surface area contributed by atoms with Gasteiger partial charge in [0.2, 0.25) is 0 Å². The number of aromatic hydroxyl groups is 2. The fourth-order valence-corrected chi connectivity index (χ4v) is 10.0. The van der Waals surface area contributed by atoms with E-state index in [1.54, 1.807) is 24.4 Å². The highest BCUT2D eigenvalue weighted by Gasteiger charge is 2.40. The van der Waals surface area contributed by atoms with Crippen LogP contribution in [0.5, 0.6) is 17.2 Å². The molecule has 9 rings (SSSR count). The first-order valence-electron chi connectivity index (χ1n) is 21.1. The Bertz CT molecular complexity index is 2330. The zero-order valence-electron chi connectivity index (χ0n) is 32.8. The molecule has 1 saturated carbocycles. The standard InChI is InChI=1S/C49H51N3O6/c53-34-8-4-5-29(24-34)11-13-35(54)26-41-39-17-19-50-44(39)28-42-43-16-15-38(40-18-20-51-49(40)52-43)32-7-3-6-30(21-32)22-33-23-31(12-14-36(55)27-45(56)47(41)42)25-46(48(33)57)58-37-9-1-2-10-37/h3-8,17-21,23-25,28,35,37-38,41,43,47,51,53-54,57H,1-2,9-16,22,26-27H2/q-2. The van der Waals surface area contributed by atoms with Crippen molar-refractivity contribution in [1.29, 1.82) is 0 Å². The van der Waals surface area contributed by atoms with E-state index >= 15 is 0 Å². The van der Waals surface area contributed by atoms with Crippen LogP contribution >= 0.6 is 0 Å². The maximum Gasteiger partial charge on any atom is 0.161 e. The highest BCUT2D eigenvalue weighted by molar-refractivity contribution is 6.02. The van der Waals surface area contributed by atoms with Gasteiger partial charge in [0.05, 0.1) is 18.6 Å². The molecule has 3 aliphatic carbocycles. The number of aromatic nitrogens is 2. The molecule has 4 N–H and O–H groups in total. The minimum atomic E-state index is -0.743. The molecule has 9 heteroatoms. The maximum atomic E-state index is 14.8. The van der Waals surface area contributed by atoms with Crippen molar-refractivity contribution in [3.8, 4) is 17.2 Å². The number of hydrogen-bond acceptors (Lipinski definition) is 6. The van der Waals surface area contributed by atoms with E-state index in [9.17, 15) is 24.9 Å². The van der Waals surface area contributed by atoms with Gasteiger partial charge in [-0.3, -0.25) is 9.59 Å². The van der Waals surface area contributed by atoms with Crippen LogP contribution in [0.2, 0.25) is 0 Å². The van der Waals surface area contributed by atoms with Crippen molar-refractivity contribution >= 4 is 23.5 Å². The summed E-state index contributed by atoms with van der Waals surface area (Å²) in [6, 6.07) is 23.2. The molecular formula is C49H51N3O6-2. The second kappa shape index (κ2) is 16.4. The number of carbonyl (C=O) groups excluding carboxylic acids is 2. The van der Waals surface area contributed by atoms with E-state index in [1.807, 2.05) is 36.5 Å². The minimum Gasteiger partial charge on any atom is -0.664 e. The Balaban J connectivity index is 1.09. The van der Waals surface area contributed by atoms with Gasteiger partial charge in [0.15, 0.2) is 11.5 Å². The monoisotopic (exact) mass is 777 g/mol. The van der Waals surface area contributed by atoms with Crippen molar-refractivity contribution in [2.75, 3.05) is 0 Å². The van der Waals surface area contributed by atoms with Crippen LogP contribution in [-0.4, -0.2) is 50.1 Å². The topological polar surface area (TPSA) is 148 Å². The number of carbonyl (C=O) groups is 2. The molecule has 4 aliphatic rings. The van der Waals surface area contributed by atoms with Crippen LogP contribution in [0.15, 0.2) is 90.8 Å². The van der Waals surface area contributed by atoms with Gasteiger partial charge in [-0.25, -0.2) is 0 Å². The first-order valence-corrected chi connectivity index (χ1v) is 21.1. The number of nitrogens with one attached hydrogen (secondary N) is 1. The third-order valence-electron chi connectivity index (χ3n) is 12.9. The minimum absolute atomic E-state index is 0.0394. The van der Waals surface area contributed by atoms with Gasteiger partial charge in [-0.05, 0) is 122 Å². The number of nitrogens with zero attached hydrogens (tertiary/aromatic N) is 2. The number of phenolic OH excluding ortho intramolecular Hbond substituents is 2. The van der Waals surface area contributed by atoms with Gasteiger partial charge in [0.25, 0.3) is 0 Å². The second-order valence-corrected chi connectivity index (χ2v) is 16.9. The summed E-state index contributed by atoms with van der Waals surface area (Å²) in [5, 5.41) is 38.6. The fourth-order valence-electron chi connectivity index (χ4n) is 10.0. The molecule has 0 amide bonds. The fraction of sp³-hybridized carbons (Fsp3) is 0.388. The number of aryl methyl sites for hydroxylation is 2. The third-order valence-corrected chi connectivity index (χ3v) is 12.9. The molecule has 2 aromatic heterocycles. The van der Waals surface area contributed by atoms with Crippen molar-refractivity contribution in [3.05, 3.63) is 141 Å². The van der Waals surface area contributed by atoms with Crippen LogP contribution < -0.4 is 9.72 Å². The van der Waals surface area contributed by atoms with Crippen LogP contribution in [-0.2, 0) is 28.9 Å². The molecule has 6 bridgehead atoms. The Hall–Kier alpha value is -5.54. The van der Waals surface area contributed by atoms with Gasteiger partial charge < -0.3 is 35.3 Å². The van der Waals surface area contributed by atoms with Gasteiger partial charge in [-0.15, -0.1) is 5.69 Å². The molecule has 5 aromatic rings. The van der Waals surface area contributed by atoms with Crippen LogP contribution in [0.1, 0.15) is 121 Å². The summed E-state index contributed by atoms with van der Waals surface area (Å²) in [6.45, 7) is 0. The summed E-state index contributed by atoms with van der Waals surface area (Å²) >= 11 is 0. The van der Waals surface area contributed by atoms with Crippen molar-refractivity contribution in [3.63, 3.8) is 0 Å². The zero-order chi connectivity index (χ0) is 39.8. The molecule has 1 fully saturated rings. The molecule has 0 saturated heterocycles. The van der Waals surface area contributed by atoms with Gasteiger partial charge in [-0.1, -0.05) is 83.8 Å². The predicted octanol–water partition coefficient (Wildman–Crippen LogP) is 9.25. The first-order chi connectivity index (χ1) is 28.3. The number of ether oxygens (including phenoxy) is 1. The number of ketones is 2. The molecule has 0 radical (unpaired) electrons. The summed E-state index contributed by atoms with van der Waals surface area (Å²) in [7, 11) is 0. The molecule has 58 heavy (non-hydrogen) atoms. The number of fused-ring (bicyclic) bond motifs is 13. The summed E-state index contributed by atoms with van der Waals surface area (Å²) in [5.41, 5.74) is 8.44. The number of H-pyrrole nitrogens is 1. The van der Waals surface area contributed by atoms with Crippen LogP contribution in [0.25, 0.3) is 11.4 Å². The number of rotatable bonds is 7. The number of hydrogen-bond donors (Lipinski definition) is 4. The summed E-state index contributed by atoms with van der Waals surface area (Å²) in [4.78, 5) is 36.9. The molecule has 3 aromatic carbocycles. The Morgan fingerprint density at radius 3 is 2.59 bits per heavy atom. The Morgan fingerprint density at radius 1 is 0.862 bits per heavy atom. The lowest BCUT2D eigenvalue weighted by atomic mass is 9.68. The molecule has 1 aliphatic heterocycles. The van der Waals surface area contributed by atoms with E-state index in [0.717, 1.165) is 88.1 Å². The van der Waals surface area contributed by atoms with Crippen molar-refractivity contribution in [2.24, 2.45) is 5.92 Å². The number of aliphatic hydroxyl groups excluding tert-OH is 1. The predicted molar refractivity (Wildman–Crippen MR) is 223 cm³/mol. The Kier molecular flexibility index (Phi) is 10.7. The maximum absolute atomic E-state index is 14.8. The quantitative estimate of drug-likeness (QED) is 0.120. The second-order valence-electron chi connectivity index (χ2n) is 16.9. The average Bonchev–Trinajstić information content (AvgIpc) is 3.99. The lowest BCUT2D eigenvalue weighted by molar-refractivity contribution is -0.129. The third kappa shape index (κ3) is 7.97. The van der Waals surface area contributed by atoms with Gasteiger partial charge >= 0.3 is 0 Å². The van der Waals surface area contributed by atoms with E-state index < -0.39 is 17.9 Å². The summed E-state index contributed by atoms with van der Waals surface area (Å²) < 4.78 is 6.41. The Labute approximate surface area is 339 Å². The Morgan fingerprint density at radius 2 is 1.72 bits per heavy atom. The smallest absolute Gasteiger partial charge is 0.161 e. The lowest BCUT2D eigenvalue weighted by Gasteiger charge is -2.40. The van der Waals surface area contributed by atoms with Gasteiger partial charge in [-0.2, -0.15) is 6.20 Å². The van der Waals surface area contributed by atoms with E-state index in [-0.39, 0.29) is 54.0 Å². The number of Topliss-reactive ketones (excluding diaryl/α,β-unsaturated/α-hetero) is 2. The summed E-state index contributed by atoms with van der Waals surface area (Å²) in [6.07, 6.45) is 12.8. The van der Waals surface area contributed by atoms with Crippen molar-refractivity contribution in [1.82, 2.24) is 9.97 Å². The normalized spacial score (nSPS) is 22.7. The van der Waals surface area contributed by atoms with Crippen molar-refractivity contribution in [2.45, 2.75) is 114 Å². The van der Waals surface area contributed by atoms with Gasteiger partial charge in [0.1, 0.15) is 17.3 Å². The summed E-state index contributed by atoms with van der Waals surface area (Å²) in [5.74, 6) is 0.231. The van der Waals surface area contributed by atoms with Crippen LogP contribution in [0, 0.1) is 5.92 Å². The number of phenols is 2. The molecule has 300 valence electrons. The molecular weight excluding hydrogens is 727 g/mol. The van der Waals surface area contributed by atoms with Gasteiger partial charge in [0, 0.05) is 30.2 Å². The molecule has 0 spiro atoms. The molecule has 5 unspecified atom stereocenters. The van der Waals surface area contributed by atoms with E-state index in [2.05, 4.69) is 35.3 Å². The first kappa shape index (κ1) is 38.0. The van der Waals surface area contributed by atoms with E-state index in [1.165, 1.54) is 0 Å². The van der Waals surface area contributed by atoms with Crippen LogP contribution in [0.4, 0.5) is 5.82 Å². The molecule has 3 heterocycles. The molecule has 9 nitrogen and oxygen atoms in total. The SMILES string of the molecule is O=C1CCc2cc(c(O)c(OC3CCCC3)c2)Cc2cccc(c2)C2CCC([N-]c3[nH]ccc32)C2=Cc3[n-]ccc3C(CC(O)CCc3cccc(O)c3)C2C(=O)C1. The zero-order valence-corrected chi connectivity index (χ0v) is 32.8. The van der Waals surface area contributed by atoms with Crippen molar-refractivity contribution < 1.29 is 29.6 Å². The number of aromatic amines is 1. The number of benzene rings is 3. The average molecular weight is 778 g/mol. The lowest BCUT2D eigenvalue weighted by Crippen LogP contribution is -2.35. The van der Waals surface area contributed by atoms with E-state index in [0.29, 0.717) is 44.3 Å². The molecule has 5 atom stereocenters. The van der Waals surface area contributed by atoms with E-state index in [4.69, 9.17) is 15.0 Å². The highest BCUT2D eigenvalue weighted by atomic mass is 16.5. The number of aliphatic hydroxyl groups is 1. The van der Waals surface area contributed by atoms with Crippen LogP contribution in [0.3, 0.4) is 0 Å². The largest absolute Gasteiger partial charge is 0.664 e.